The largest absolute Gasteiger partial charge is 0.335 e. The molecule has 0 radical (unpaired) electrons. The minimum atomic E-state index is -0.265. The standard InChI is InChI=1S/C7H3BrFIN2/c8-4-2-11-7-3(6(4)9)1-5(10)12-7/h1-2H,(H,11,12). The van der Waals surface area contributed by atoms with E-state index in [4.69, 9.17) is 0 Å². The number of nitrogens with zero attached hydrogens (tertiary/aromatic N) is 1. The van der Waals surface area contributed by atoms with Gasteiger partial charge in [-0.1, -0.05) is 0 Å². The Morgan fingerprint density at radius 1 is 1.58 bits per heavy atom. The van der Waals surface area contributed by atoms with Crippen molar-refractivity contribution in [1.82, 2.24) is 9.97 Å². The molecule has 12 heavy (non-hydrogen) atoms. The van der Waals surface area contributed by atoms with E-state index in [9.17, 15) is 4.39 Å². The predicted molar refractivity (Wildman–Crippen MR) is 56.5 cm³/mol. The Bertz CT molecular complexity index is 440. The van der Waals surface area contributed by atoms with Crippen LogP contribution in [-0.2, 0) is 0 Å². The van der Waals surface area contributed by atoms with Crippen LogP contribution in [0.25, 0.3) is 11.0 Å². The van der Waals surface area contributed by atoms with Gasteiger partial charge in [-0.05, 0) is 44.6 Å². The molecule has 0 aliphatic rings. The SMILES string of the molecule is Fc1c(Br)cnc2[nH]c(I)cc12. The van der Waals surface area contributed by atoms with Crippen LogP contribution in [-0.4, -0.2) is 9.97 Å². The number of halogens is 3. The molecule has 5 heteroatoms. The van der Waals surface area contributed by atoms with Crippen LogP contribution in [0, 0.1) is 9.52 Å². The molecule has 2 rings (SSSR count). The molecule has 1 N–H and O–H groups in total. The first-order valence-electron chi connectivity index (χ1n) is 3.16. The molecule has 0 aromatic carbocycles. The van der Waals surface area contributed by atoms with E-state index in [2.05, 4.69) is 48.5 Å². The van der Waals surface area contributed by atoms with Crippen LogP contribution in [0.5, 0.6) is 0 Å². The molecule has 0 spiro atoms. The fraction of sp³-hybridized carbons (Fsp3) is 0. The van der Waals surface area contributed by atoms with Crippen molar-refractivity contribution >= 4 is 49.6 Å². The Labute approximate surface area is 89.8 Å². The molecule has 0 bridgehead atoms. The predicted octanol–water partition coefficient (Wildman–Crippen LogP) is 3.07. The zero-order chi connectivity index (χ0) is 8.72. The van der Waals surface area contributed by atoms with Gasteiger partial charge in [0.1, 0.15) is 11.5 Å². The van der Waals surface area contributed by atoms with Crippen molar-refractivity contribution in [3.8, 4) is 0 Å². The average molecular weight is 341 g/mol. The molecular weight excluding hydrogens is 338 g/mol. The third-order valence-electron chi connectivity index (χ3n) is 1.52. The molecule has 2 aromatic rings. The Morgan fingerprint density at radius 3 is 3.08 bits per heavy atom. The number of hydrogen-bond donors (Lipinski definition) is 1. The van der Waals surface area contributed by atoms with Gasteiger partial charge in [-0.25, -0.2) is 9.37 Å². The number of nitrogens with one attached hydrogen (secondary N) is 1. The first kappa shape index (κ1) is 8.43. The number of aromatic amines is 1. The first-order chi connectivity index (χ1) is 5.68. The lowest BCUT2D eigenvalue weighted by molar-refractivity contribution is 0.632. The molecule has 62 valence electrons. The fourth-order valence-corrected chi connectivity index (χ4v) is 1.87. The summed E-state index contributed by atoms with van der Waals surface area (Å²) in [6.45, 7) is 0. The molecule has 0 aliphatic carbocycles. The van der Waals surface area contributed by atoms with Crippen molar-refractivity contribution in [2.45, 2.75) is 0 Å². The van der Waals surface area contributed by atoms with E-state index in [-0.39, 0.29) is 5.82 Å². The molecule has 0 saturated heterocycles. The molecule has 0 saturated carbocycles. The maximum absolute atomic E-state index is 13.3. The van der Waals surface area contributed by atoms with Gasteiger partial charge in [0, 0.05) is 6.20 Å². The average Bonchev–Trinajstić information content (AvgIpc) is 2.39. The second-order valence-electron chi connectivity index (χ2n) is 2.30. The van der Waals surface area contributed by atoms with Crippen LogP contribution in [0.1, 0.15) is 0 Å². The Hall–Kier alpha value is -0.170. The third kappa shape index (κ3) is 1.24. The van der Waals surface area contributed by atoms with Crippen molar-refractivity contribution in [2.75, 3.05) is 0 Å². The Morgan fingerprint density at radius 2 is 2.33 bits per heavy atom. The summed E-state index contributed by atoms with van der Waals surface area (Å²) in [5, 5.41) is 0.522. The van der Waals surface area contributed by atoms with Crippen molar-refractivity contribution in [1.29, 1.82) is 0 Å². The van der Waals surface area contributed by atoms with Crippen LogP contribution in [0.15, 0.2) is 16.7 Å². The summed E-state index contributed by atoms with van der Waals surface area (Å²) in [7, 11) is 0. The number of H-pyrrole nitrogens is 1. The van der Waals surface area contributed by atoms with Crippen LogP contribution in [0.3, 0.4) is 0 Å². The Kier molecular flexibility index (Phi) is 2.07. The lowest BCUT2D eigenvalue weighted by Gasteiger charge is -1.93. The summed E-state index contributed by atoms with van der Waals surface area (Å²) in [5.74, 6) is -0.265. The van der Waals surface area contributed by atoms with Gasteiger partial charge in [0.15, 0.2) is 0 Å². The molecule has 0 unspecified atom stereocenters. The number of rotatable bonds is 0. The van der Waals surface area contributed by atoms with Crippen LogP contribution < -0.4 is 0 Å². The summed E-state index contributed by atoms with van der Waals surface area (Å²) < 4.78 is 14.6. The van der Waals surface area contributed by atoms with Gasteiger partial charge in [-0.3, -0.25) is 0 Å². The lowest BCUT2D eigenvalue weighted by Crippen LogP contribution is -1.82. The summed E-state index contributed by atoms with van der Waals surface area (Å²) in [6.07, 6.45) is 1.45. The first-order valence-corrected chi connectivity index (χ1v) is 5.04. The smallest absolute Gasteiger partial charge is 0.149 e. The normalized spacial score (nSPS) is 10.9. The van der Waals surface area contributed by atoms with Crippen molar-refractivity contribution < 1.29 is 4.39 Å². The van der Waals surface area contributed by atoms with E-state index in [1.165, 1.54) is 6.20 Å². The van der Waals surface area contributed by atoms with E-state index in [1.807, 2.05) is 0 Å². The third-order valence-corrected chi connectivity index (χ3v) is 2.65. The zero-order valence-corrected chi connectivity index (χ0v) is 9.48. The van der Waals surface area contributed by atoms with Crippen molar-refractivity contribution in [3.05, 3.63) is 26.3 Å². The highest BCUT2D eigenvalue weighted by molar-refractivity contribution is 14.1. The Balaban J connectivity index is 2.89. The van der Waals surface area contributed by atoms with E-state index in [1.54, 1.807) is 6.07 Å². The number of fused-ring (bicyclic) bond motifs is 1. The van der Waals surface area contributed by atoms with Crippen LogP contribution in [0.4, 0.5) is 4.39 Å². The number of hydrogen-bond acceptors (Lipinski definition) is 1. The van der Waals surface area contributed by atoms with E-state index in [0.29, 0.717) is 15.5 Å². The summed E-state index contributed by atoms with van der Waals surface area (Å²) in [4.78, 5) is 6.96. The highest BCUT2D eigenvalue weighted by Crippen LogP contribution is 2.23. The topological polar surface area (TPSA) is 28.7 Å². The minimum Gasteiger partial charge on any atom is -0.335 e. The summed E-state index contributed by atoms with van der Waals surface area (Å²) >= 11 is 5.16. The summed E-state index contributed by atoms with van der Waals surface area (Å²) in [6, 6.07) is 1.73. The zero-order valence-electron chi connectivity index (χ0n) is 5.74. The van der Waals surface area contributed by atoms with Crippen molar-refractivity contribution in [3.63, 3.8) is 0 Å². The van der Waals surface area contributed by atoms with E-state index < -0.39 is 0 Å². The fourth-order valence-electron chi connectivity index (χ4n) is 0.987. The molecular formula is C7H3BrFIN2. The quantitative estimate of drug-likeness (QED) is 0.734. The molecule has 2 heterocycles. The molecule has 2 nitrogen and oxygen atoms in total. The van der Waals surface area contributed by atoms with Gasteiger partial charge in [-0.2, -0.15) is 0 Å². The number of pyridine rings is 1. The maximum atomic E-state index is 13.3. The monoisotopic (exact) mass is 340 g/mol. The molecule has 2 aromatic heterocycles. The molecule has 0 atom stereocenters. The lowest BCUT2D eigenvalue weighted by atomic mass is 10.3. The highest BCUT2D eigenvalue weighted by Gasteiger charge is 2.08. The van der Waals surface area contributed by atoms with E-state index in [0.717, 1.165) is 3.70 Å². The summed E-state index contributed by atoms with van der Waals surface area (Å²) in [5.41, 5.74) is 0.583. The highest BCUT2D eigenvalue weighted by atomic mass is 127. The van der Waals surface area contributed by atoms with Gasteiger partial charge >= 0.3 is 0 Å². The van der Waals surface area contributed by atoms with Crippen molar-refractivity contribution in [2.24, 2.45) is 0 Å². The second-order valence-corrected chi connectivity index (χ2v) is 4.32. The maximum Gasteiger partial charge on any atom is 0.149 e. The van der Waals surface area contributed by atoms with Crippen LogP contribution >= 0.6 is 38.5 Å². The van der Waals surface area contributed by atoms with Gasteiger partial charge in [-0.15, -0.1) is 0 Å². The van der Waals surface area contributed by atoms with Gasteiger partial charge in [0.2, 0.25) is 0 Å². The molecule has 0 fully saturated rings. The van der Waals surface area contributed by atoms with Gasteiger partial charge in [0.25, 0.3) is 0 Å². The van der Waals surface area contributed by atoms with Gasteiger partial charge in [0.05, 0.1) is 13.6 Å². The molecule has 0 aliphatic heterocycles. The number of aromatic nitrogens is 2. The van der Waals surface area contributed by atoms with Gasteiger partial charge < -0.3 is 4.98 Å². The molecule has 0 amide bonds. The second kappa shape index (κ2) is 2.95. The minimum absolute atomic E-state index is 0.265. The van der Waals surface area contributed by atoms with Crippen LogP contribution in [0.2, 0.25) is 0 Å². The van der Waals surface area contributed by atoms with E-state index >= 15 is 0 Å².